The van der Waals surface area contributed by atoms with Gasteiger partial charge in [-0.15, -0.1) is 11.3 Å². The topological polar surface area (TPSA) is 66.8 Å². The molecule has 0 bridgehead atoms. The number of nitrogens with zero attached hydrogens (tertiary/aromatic N) is 1. The van der Waals surface area contributed by atoms with Crippen molar-refractivity contribution in [2.75, 3.05) is 6.54 Å². The Hall–Kier alpha value is -2.34. The number of fused-ring (bicyclic) bond motifs is 1. The predicted molar refractivity (Wildman–Crippen MR) is 82.0 cm³/mol. The third-order valence-electron chi connectivity index (χ3n) is 3.56. The van der Waals surface area contributed by atoms with Crippen LogP contribution in [0.25, 0.3) is 0 Å². The van der Waals surface area contributed by atoms with Gasteiger partial charge in [0.2, 0.25) is 0 Å². The number of benzene rings is 1. The molecule has 1 aromatic carbocycles. The molecule has 2 aromatic rings. The van der Waals surface area contributed by atoms with Crippen molar-refractivity contribution in [3.8, 4) is 0 Å². The number of carbonyl (C=O) groups is 2. The van der Waals surface area contributed by atoms with Crippen LogP contribution in [0, 0.1) is 0 Å². The summed E-state index contributed by atoms with van der Waals surface area (Å²) in [6.07, 6.45) is 0.305. The number of amides is 1. The molecule has 0 spiro atoms. The lowest BCUT2D eigenvalue weighted by Gasteiger charge is -2.26. The number of carboxylic acids is 1. The van der Waals surface area contributed by atoms with Gasteiger partial charge in [-0.1, -0.05) is 30.3 Å². The van der Waals surface area contributed by atoms with Crippen molar-refractivity contribution in [3.63, 3.8) is 0 Å². The first-order valence-electron chi connectivity index (χ1n) is 6.94. The van der Waals surface area contributed by atoms with E-state index in [9.17, 15) is 9.59 Å². The second kappa shape index (κ2) is 6.19. The van der Waals surface area contributed by atoms with Gasteiger partial charge in [-0.2, -0.15) is 0 Å². The Balaban J connectivity index is 1.61. The van der Waals surface area contributed by atoms with Gasteiger partial charge in [-0.3, -0.25) is 0 Å². The molecule has 6 heteroatoms. The van der Waals surface area contributed by atoms with Crippen LogP contribution in [0.4, 0.5) is 4.79 Å². The number of hydrogen-bond donors (Lipinski definition) is 1. The Morgan fingerprint density at radius 1 is 1.27 bits per heavy atom. The van der Waals surface area contributed by atoms with Crippen LogP contribution >= 0.6 is 11.3 Å². The molecule has 0 fully saturated rings. The maximum Gasteiger partial charge on any atom is 0.410 e. The predicted octanol–water partition coefficient (Wildman–Crippen LogP) is 3.14. The molecule has 1 aliphatic rings. The number of ether oxygens (including phenoxy) is 1. The van der Waals surface area contributed by atoms with E-state index in [1.807, 2.05) is 30.3 Å². The molecule has 0 aliphatic carbocycles. The van der Waals surface area contributed by atoms with Gasteiger partial charge in [0.15, 0.2) is 0 Å². The highest BCUT2D eigenvalue weighted by Crippen LogP contribution is 2.28. The van der Waals surface area contributed by atoms with Crippen LogP contribution in [0.2, 0.25) is 0 Å². The van der Waals surface area contributed by atoms with Gasteiger partial charge in [0.25, 0.3) is 0 Å². The number of carboxylic acid groups (broad SMARTS) is 1. The van der Waals surface area contributed by atoms with Gasteiger partial charge in [0, 0.05) is 11.4 Å². The van der Waals surface area contributed by atoms with E-state index < -0.39 is 5.97 Å². The zero-order valence-electron chi connectivity index (χ0n) is 11.8. The van der Waals surface area contributed by atoms with Crippen LogP contribution in [0.5, 0.6) is 0 Å². The highest BCUT2D eigenvalue weighted by atomic mass is 32.1. The van der Waals surface area contributed by atoms with Gasteiger partial charge in [-0.05, 0) is 23.6 Å². The molecule has 0 saturated heterocycles. The van der Waals surface area contributed by atoms with E-state index in [1.165, 1.54) is 11.3 Å². The summed E-state index contributed by atoms with van der Waals surface area (Å²) in [4.78, 5) is 26.0. The summed E-state index contributed by atoms with van der Waals surface area (Å²) < 4.78 is 5.31. The molecular formula is C16H15NO4S. The minimum atomic E-state index is -0.919. The van der Waals surface area contributed by atoms with Crippen LogP contribution in [0.1, 0.15) is 25.7 Å². The number of carbonyl (C=O) groups excluding carboxylic acids is 1. The smallest absolute Gasteiger partial charge is 0.410 e. The molecule has 1 amide bonds. The molecule has 5 nitrogen and oxygen atoms in total. The summed E-state index contributed by atoms with van der Waals surface area (Å²) in [6, 6.07) is 11.2. The third-order valence-corrected chi connectivity index (χ3v) is 4.71. The van der Waals surface area contributed by atoms with Crippen molar-refractivity contribution < 1.29 is 19.4 Å². The Morgan fingerprint density at radius 2 is 2.05 bits per heavy atom. The largest absolute Gasteiger partial charge is 0.477 e. The van der Waals surface area contributed by atoms with Gasteiger partial charge >= 0.3 is 12.1 Å². The van der Waals surface area contributed by atoms with E-state index in [1.54, 1.807) is 11.0 Å². The molecule has 3 rings (SSSR count). The van der Waals surface area contributed by atoms with Crippen LogP contribution in [-0.4, -0.2) is 28.6 Å². The minimum Gasteiger partial charge on any atom is -0.477 e. The molecular weight excluding hydrogens is 302 g/mol. The third kappa shape index (κ3) is 3.12. The van der Waals surface area contributed by atoms with E-state index in [0.29, 0.717) is 24.4 Å². The van der Waals surface area contributed by atoms with E-state index >= 15 is 0 Å². The normalized spacial score (nSPS) is 13.5. The molecule has 114 valence electrons. The lowest BCUT2D eigenvalue weighted by atomic mass is 10.1. The number of thiophene rings is 1. The lowest BCUT2D eigenvalue weighted by molar-refractivity contribution is 0.0701. The minimum absolute atomic E-state index is 0.244. The number of hydrogen-bond acceptors (Lipinski definition) is 4. The summed E-state index contributed by atoms with van der Waals surface area (Å²) in [7, 11) is 0. The molecule has 1 aromatic heterocycles. The highest BCUT2D eigenvalue weighted by Gasteiger charge is 2.25. The molecule has 0 radical (unpaired) electrons. The Morgan fingerprint density at radius 3 is 2.77 bits per heavy atom. The first kappa shape index (κ1) is 14.6. The van der Waals surface area contributed by atoms with Crippen molar-refractivity contribution in [1.29, 1.82) is 0 Å². The summed E-state index contributed by atoms with van der Waals surface area (Å²) >= 11 is 1.23. The second-order valence-electron chi connectivity index (χ2n) is 5.08. The zero-order valence-corrected chi connectivity index (χ0v) is 12.6. The molecule has 1 aliphatic heterocycles. The summed E-state index contributed by atoms with van der Waals surface area (Å²) in [6.45, 7) is 1.21. The standard InChI is InChI=1S/C16H15NO4S/c18-15(19)13-8-12-6-7-17(9-14(12)22-13)16(20)21-10-11-4-2-1-3-5-11/h1-5,8H,6-7,9-10H2,(H,18,19). The summed E-state index contributed by atoms with van der Waals surface area (Å²) in [5.41, 5.74) is 1.97. The SMILES string of the molecule is O=C(O)c1cc2c(s1)CN(C(=O)OCc1ccccc1)CC2. The van der Waals surface area contributed by atoms with Crippen molar-refractivity contribution in [3.05, 3.63) is 57.3 Å². The average Bonchev–Trinajstić information content (AvgIpc) is 2.97. The molecule has 1 N–H and O–H groups in total. The van der Waals surface area contributed by atoms with Gasteiger partial charge < -0.3 is 14.7 Å². The van der Waals surface area contributed by atoms with E-state index in [0.717, 1.165) is 16.0 Å². The van der Waals surface area contributed by atoms with E-state index in [4.69, 9.17) is 9.84 Å². The zero-order chi connectivity index (χ0) is 15.5. The average molecular weight is 317 g/mol. The van der Waals surface area contributed by atoms with Gasteiger partial charge in [0.1, 0.15) is 11.5 Å². The number of aromatic carboxylic acids is 1. The quantitative estimate of drug-likeness (QED) is 0.944. The van der Waals surface area contributed by atoms with Crippen molar-refractivity contribution in [1.82, 2.24) is 4.90 Å². The monoisotopic (exact) mass is 317 g/mol. The fourth-order valence-corrected chi connectivity index (χ4v) is 3.46. The number of rotatable bonds is 3. The fourth-order valence-electron chi connectivity index (χ4n) is 2.39. The van der Waals surface area contributed by atoms with Crippen molar-refractivity contribution in [2.45, 2.75) is 19.6 Å². The van der Waals surface area contributed by atoms with Crippen LogP contribution in [0.15, 0.2) is 36.4 Å². The summed E-state index contributed by atoms with van der Waals surface area (Å²) in [5, 5.41) is 9.02. The Labute approximate surface area is 131 Å². The van der Waals surface area contributed by atoms with Crippen molar-refractivity contribution >= 4 is 23.4 Å². The maximum absolute atomic E-state index is 12.1. The highest BCUT2D eigenvalue weighted by molar-refractivity contribution is 7.14. The van der Waals surface area contributed by atoms with Crippen molar-refractivity contribution in [2.24, 2.45) is 0 Å². The second-order valence-corrected chi connectivity index (χ2v) is 6.21. The first-order chi connectivity index (χ1) is 10.6. The molecule has 0 saturated carbocycles. The Kier molecular flexibility index (Phi) is 4.11. The molecule has 0 atom stereocenters. The fraction of sp³-hybridized carbons (Fsp3) is 0.250. The maximum atomic E-state index is 12.1. The first-order valence-corrected chi connectivity index (χ1v) is 7.75. The van der Waals surface area contributed by atoms with E-state index in [2.05, 4.69) is 0 Å². The lowest BCUT2D eigenvalue weighted by Crippen LogP contribution is -2.35. The summed E-state index contributed by atoms with van der Waals surface area (Å²) in [5.74, 6) is -0.919. The molecule has 22 heavy (non-hydrogen) atoms. The van der Waals surface area contributed by atoms with Crippen LogP contribution < -0.4 is 0 Å². The molecule has 0 unspecified atom stereocenters. The van der Waals surface area contributed by atoms with E-state index in [-0.39, 0.29) is 12.7 Å². The van der Waals surface area contributed by atoms with Gasteiger partial charge in [0.05, 0.1) is 6.54 Å². The Bertz CT molecular complexity index is 695. The van der Waals surface area contributed by atoms with Crippen LogP contribution in [0.3, 0.4) is 0 Å². The van der Waals surface area contributed by atoms with Crippen LogP contribution in [-0.2, 0) is 24.3 Å². The molecule has 2 heterocycles. The van der Waals surface area contributed by atoms with Gasteiger partial charge in [-0.25, -0.2) is 9.59 Å².